The molecule has 0 radical (unpaired) electrons. The van der Waals surface area contributed by atoms with Crippen LogP contribution in [-0.4, -0.2) is 49.6 Å². The molecule has 1 N–H and O–H groups in total. The van der Waals surface area contributed by atoms with Gasteiger partial charge in [0.15, 0.2) is 0 Å². The fourth-order valence-electron chi connectivity index (χ4n) is 3.91. The number of aryl methyl sites for hydroxylation is 1. The van der Waals surface area contributed by atoms with Gasteiger partial charge in [-0.2, -0.15) is 4.98 Å². The summed E-state index contributed by atoms with van der Waals surface area (Å²) in [7, 11) is -3.61. The van der Waals surface area contributed by atoms with Crippen LogP contribution in [0.1, 0.15) is 37.7 Å². The minimum atomic E-state index is -3.61. The molecule has 3 aromatic rings. The van der Waals surface area contributed by atoms with Gasteiger partial charge in [0.2, 0.25) is 15.8 Å². The second-order valence-electron chi connectivity index (χ2n) is 8.32. The maximum Gasteiger partial charge on any atom is 0.258 e. The normalized spacial score (nSPS) is 15.5. The third-order valence-electron chi connectivity index (χ3n) is 5.77. The molecule has 1 fully saturated rings. The van der Waals surface area contributed by atoms with Crippen LogP contribution in [0.4, 0.5) is 0 Å². The van der Waals surface area contributed by atoms with E-state index < -0.39 is 10.0 Å². The maximum atomic E-state index is 12.8. The molecule has 8 heteroatoms. The number of nitrogens with one attached hydrogen (secondary N) is 1. The predicted octanol–water partition coefficient (Wildman–Crippen LogP) is 4.26. The van der Waals surface area contributed by atoms with E-state index in [4.69, 9.17) is 4.52 Å². The number of rotatable bonds is 8. The summed E-state index contributed by atoms with van der Waals surface area (Å²) in [4.78, 5) is 7.07. The molecule has 0 amide bonds. The van der Waals surface area contributed by atoms with Gasteiger partial charge in [-0.05, 0) is 64.0 Å². The van der Waals surface area contributed by atoms with Crippen molar-refractivity contribution in [1.82, 2.24) is 19.8 Å². The number of likely N-dealkylation sites (tertiary alicyclic amines) is 1. The van der Waals surface area contributed by atoms with E-state index in [0.717, 1.165) is 37.2 Å². The molecule has 1 aliphatic rings. The van der Waals surface area contributed by atoms with E-state index in [0.29, 0.717) is 23.8 Å². The Morgan fingerprint density at radius 1 is 1.00 bits per heavy atom. The fourth-order valence-corrected chi connectivity index (χ4v) is 5.03. The van der Waals surface area contributed by atoms with Crippen LogP contribution in [0.25, 0.3) is 22.8 Å². The van der Waals surface area contributed by atoms with E-state index in [-0.39, 0.29) is 4.90 Å². The van der Waals surface area contributed by atoms with Crippen molar-refractivity contribution < 1.29 is 12.9 Å². The van der Waals surface area contributed by atoms with Crippen molar-refractivity contribution in [3.8, 4) is 22.8 Å². The Kier molecular flexibility index (Phi) is 7.34. The van der Waals surface area contributed by atoms with Crippen molar-refractivity contribution in [2.24, 2.45) is 0 Å². The van der Waals surface area contributed by atoms with Crippen LogP contribution >= 0.6 is 0 Å². The predicted molar refractivity (Wildman–Crippen MR) is 125 cm³/mol. The molecule has 2 heterocycles. The van der Waals surface area contributed by atoms with Gasteiger partial charge in [-0.1, -0.05) is 53.9 Å². The molecule has 0 atom stereocenters. The van der Waals surface area contributed by atoms with Gasteiger partial charge in [-0.25, -0.2) is 13.1 Å². The molecule has 32 heavy (non-hydrogen) atoms. The lowest BCUT2D eigenvalue weighted by Gasteiger charge is -2.19. The molecule has 4 rings (SSSR count). The topological polar surface area (TPSA) is 88.3 Å². The van der Waals surface area contributed by atoms with Gasteiger partial charge < -0.3 is 9.42 Å². The molecule has 2 aromatic carbocycles. The number of nitrogens with zero attached hydrogens (tertiary/aromatic N) is 3. The van der Waals surface area contributed by atoms with Gasteiger partial charge >= 0.3 is 0 Å². The summed E-state index contributed by atoms with van der Waals surface area (Å²) in [5.74, 6) is 0.763. The van der Waals surface area contributed by atoms with Crippen molar-refractivity contribution in [1.29, 1.82) is 0 Å². The van der Waals surface area contributed by atoms with Gasteiger partial charge in [0.1, 0.15) is 0 Å². The Morgan fingerprint density at radius 3 is 2.50 bits per heavy atom. The first kappa shape index (κ1) is 22.6. The number of benzene rings is 2. The molecular formula is C24H30N4O3S. The SMILES string of the molecule is Cc1ccc(-c2noc(-c3cccc(S(=O)(=O)NCCCN4CCCCCC4)c3)n2)cc1. The van der Waals surface area contributed by atoms with Crippen molar-refractivity contribution in [2.45, 2.75) is 43.9 Å². The molecule has 1 saturated heterocycles. The highest BCUT2D eigenvalue weighted by molar-refractivity contribution is 7.89. The van der Waals surface area contributed by atoms with E-state index in [1.54, 1.807) is 24.3 Å². The van der Waals surface area contributed by atoms with Crippen molar-refractivity contribution in [3.63, 3.8) is 0 Å². The molecule has 170 valence electrons. The summed E-state index contributed by atoms with van der Waals surface area (Å²) < 4.78 is 33.7. The summed E-state index contributed by atoms with van der Waals surface area (Å²) in [6.45, 7) is 5.58. The Balaban J connectivity index is 1.39. The average molecular weight is 455 g/mol. The minimum absolute atomic E-state index is 0.194. The highest BCUT2D eigenvalue weighted by Crippen LogP contribution is 2.24. The van der Waals surface area contributed by atoms with Gasteiger partial charge in [-0.3, -0.25) is 0 Å². The average Bonchev–Trinajstić information content (AvgIpc) is 3.15. The van der Waals surface area contributed by atoms with E-state index >= 15 is 0 Å². The molecule has 1 aromatic heterocycles. The zero-order valence-electron chi connectivity index (χ0n) is 18.5. The lowest BCUT2D eigenvalue weighted by Crippen LogP contribution is -2.30. The lowest BCUT2D eigenvalue weighted by atomic mass is 10.1. The van der Waals surface area contributed by atoms with Crippen LogP contribution in [0, 0.1) is 6.92 Å². The maximum absolute atomic E-state index is 12.8. The molecule has 0 aliphatic carbocycles. The first-order valence-electron chi connectivity index (χ1n) is 11.2. The number of sulfonamides is 1. The summed E-state index contributed by atoms with van der Waals surface area (Å²) in [5, 5.41) is 4.04. The zero-order valence-corrected chi connectivity index (χ0v) is 19.3. The van der Waals surface area contributed by atoms with Crippen LogP contribution in [0.3, 0.4) is 0 Å². The van der Waals surface area contributed by atoms with Gasteiger partial charge in [-0.15, -0.1) is 0 Å². The monoisotopic (exact) mass is 454 g/mol. The first-order valence-corrected chi connectivity index (χ1v) is 12.7. The van der Waals surface area contributed by atoms with Crippen LogP contribution in [0.5, 0.6) is 0 Å². The molecular weight excluding hydrogens is 424 g/mol. The minimum Gasteiger partial charge on any atom is -0.334 e. The van der Waals surface area contributed by atoms with E-state index in [9.17, 15) is 8.42 Å². The van der Waals surface area contributed by atoms with Crippen LogP contribution in [0.2, 0.25) is 0 Å². The Labute approximate surface area is 189 Å². The number of hydrogen-bond acceptors (Lipinski definition) is 6. The molecule has 0 spiro atoms. The smallest absolute Gasteiger partial charge is 0.258 e. The first-order chi connectivity index (χ1) is 15.5. The highest BCUT2D eigenvalue weighted by Gasteiger charge is 2.17. The second kappa shape index (κ2) is 10.4. The van der Waals surface area contributed by atoms with Gasteiger partial charge in [0.05, 0.1) is 4.90 Å². The summed E-state index contributed by atoms with van der Waals surface area (Å²) in [6.07, 6.45) is 5.86. The lowest BCUT2D eigenvalue weighted by molar-refractivity contribution is 0.282. The van der Waals surface area contributed by atoms with Crippen LogP contribution < -0.4 is 4.72 Å². The molecule has 0 unspecified atom stereocenters. The largest absolute Gasteiger partial charge is 0.334 e. The Bertz CT molecular complexity index is 1120. The quantitative estimate of drug-likeness (QED) is 0.512. The van der Waals surface area contributed by atoms with Gasteiger partial charge in [0.25, 0.3) is 5.89 Å². The van der Waals surface area contributed by atoms with Crippen molar-refractivity contribution in [2.75, 3.05) is 26.2 Å². The fraction of sp³-hybridized carbons (Fsp3) is 0.417. The Morgan fingerprint density at radius 2 is 1.75 bits per heavy atom. The molecule has 1 aliphatic heterocycles. The summed E-state index contributed by atoms with van der Waals surface area (Å²) in [6, 6.07) is 14.4. The molecule has 0 bridgehead atoms. The highest BCUT2D eigenvalue weighted by atomic mass is 32.2. The molecule has 0 saturated carbocycles. The van der Waals surface area contributed by atoms with Gasteiger partial charge in [0, 0.05) is 17.7 Å². The number of aromatic nitrogens is 2. The van der Waals surface area contributed by atoms with Crippen LogP contribution in [0.15, 0.2) is 57.9 Å². The van der Waals surface area contributed by atoms with E-state index in [1.165, 1.54) is 25.7 Å². The van der Waals surface area contributed by atoms with Crippen molar-refractivity contribution in [3.05, 3.63) is 54.1 Å². The van der Waals surface area contributed by atoms with E-state index in [1.807, 2.05) is 31.2 Å². The summed E-state index contributed by atoms with van der Waals surface area (Å²) >= 11 is 0. The third kappa shape index (κ3) is 5.82. The zero-order chi connectivity index (χ0) is 22.4. The second-order valence-corrected chi connectivity index (χ2v) is 10.1. The van der Waals surface area contributed by atoms with Crippen LogP contribution in [-0.2, 0) is 10.0 Å². The standard InChI is InChI=1S/C24H30N4O3S/c1-19-10-12-20(13-11-19)23-26-24(31-27-23)21-8-6-9-22(18-21)32(29,30)25-14-7-17-28-15-4-2-3-5-16-28/h6,8-13,18,25H,2-5,7,14-17H2,1H3. The molecule has 7 nitrogen and oxygen atoms in total. The van der Waals surface area contributed by atoms with E-state index in [2.05, 4.69) is 19.8 Å². The Hall–Kier alpha value is -2.55. The summed E-state index contributed by atoms with van der Waals surface area (Å²) in [5.41, 5.74) is 2.57. The number of hydrogen-bond donors (Lipinski definition) is 1. The third-order valence-corrected chi connectivity index (χ3v) is 7.23. The van der Waals surface area contributed by atoms with Crippen molar-refractivity contribution >= 4 is 10.0 Å².